The van der Waals surface area contributed by atoms with Gasteiger partial charge in [-0.3, -0.25) is 4.79 Å². The number of benzene rings is 1. The SMILES string of the molecule is CCC(=O)Nc1nnc(S(=O)(=O)NCCOc2ccccc2Cl)s1. The smallest absolute Gasteiger partial charge is 0.269 e. The Labute approximate surface area is 148 Å². The molecule has 2 aromatic rings. The third kappa shape index (κ3) is 5.13. The van der Waals surface area contributed by atoms with Crippen molar-refractivity contribution in [3.63, 3.8) is 0 Å². The highest BCUT2D eigenvalue weighted by Crippen LogP contribution is 2.23. The van der Waals surface area contributed by atoms with E-state index in [9.17, 15) is 13.2 Å². The molecule has 2 N–H and O–H groups in total. The fourth-order valence-corrected chi connectivity index (χ4v) is 3.70. The van der Waals surface area contributed by atoms with E-state index in [0.717, 1.165) is 11.3 Å². The molecule has 0 unspecified atom stereocenters. The van der Waals surface area contributed by atoms with Crippen LogP contribution in [-0.2, 0) is 14.8 Å². The number of hydrogen-bond donors (Lipinski definition) is 2. The van der Waals surface area contributed by atoms with Gasteiger partial charge in [0.2, 0.25) is 15.4 Å². The zero-order chi connectivity index (χ0) is 17.6. The van der Waals surface area contributed by atoms with Gasteiger partial charge in [0.1, 0.15) is 12.4 Å². The van der Waals surface area contributed by atoms with Gasteiger partial charge in [0, 0.05) is 13.0 Å². The first-order valence-electron chi connectivity index (χ1n) is 6.92. The minimum absolute atomic E-state index is 0.0315. The van der Waals surface area contributed by atoms with Gasteiger partial charge in [0.05, 0.1) is 5.02 Å². The van der Waals surface area contributed by atoms with Gasteiger partial charge in [0.15, 0.2) is 0 Å². The Morgan fingerprint density at radius 1 is 1.33 bits per heavy atom. The summed E-state index contributed by atoms with van der Waals surface area (Å²) in [7, 11) is -3.82. The van der Waals surface area contributed by atoms with E-state index in [4.69, 9.17) is 16.3 Å². The molecule has 130 valence electrons. The molecule has 0 aliphatic rings. The van der Waals surface area contributed by atoms with Crippen molar-refractivity contribution < 1.29 is 17.9 Å². The average Bonchev–Trinajstić information content (AvgIpc) is 3.02. The molecule has 0 saturated carbocycles. The molecule has 11 heteroatoms. The number of carbonyl (C=O) groups excluding carboxylic acids is 1. The Kier molecular flexibility index (Phi) is 6.49. The number of para-hydroxylation sites is 1. The molecule has 0 saturated heterocycles. The third-order valence-electron chi connectivity index (χ3n) is 2.69. The summed E-state index contributed by atoms with van der Waals surface area (Å²) in [5, 5.41) is 10.2. The number of hydrogen-bond acceptors (Lipinski definition) is 7. The van der Waals surface area contributed by atoms with Crippen molar-refractivity contribution in [2.24, 2.45) is 0 Å². The minimum Gasteiger partial charge on any atom is -0.491 e. The molecule has 1 heterocycles. The fraction of sp³-hybridized carbons (Fsp3) is 0.308. The molecular formula is C13H15ClN4O4S2. The normalized spacial score (nSPS) is 11.2. The van der Waals surface area contributed by atoms with Crippen LogP contribution in [0.25, 0.3) is 0 Å². The van der Waals surface area contributed by atoms with Crippen molar-refractivity contribution in [2.45, 2.75) is 17.7 Å². The Morgan fingerprint density at radius 2 is 2.08 bits per heavy atom. The molecule has 24 heavy (non-hydrogen) atoms. The van der Waals surface area contributed by atoms with Crippen LogP contribution < -0.4 is 14.8 Å². The summed E-state index contributed by atoms with van der Waals surface area (Å²) in [6, 6.07) is 6.89. The summed E-state index contributed by atoms with van der Waals surface area (Å²) in [4.78, 5) is 11.2. The van der Waals surface area contributed by atoms with Gasteiger partial charge in [-0.15, -0.1) is 10.2 Å². The standard InChI is InChI=1S/C13H15ClN4O4S2/c1-2-11(19)16-12-17-18-13(23-12)24(20,21)15-7-8-22-10-6-4-3-5-9(10)14/h3-6,15H,2,7-8H2,1H3,(H,16,17,19). The van der Waals surface area contributed by atoms with Crippen LogP contribution in [0.3, 0.4) is 0 Å². The summed E-state index contributed by atoms with van der Waals surface area (Å²) >= 11 is 6.70. The lowest BCUT2D eigenvalue weighted by atomic mass is 10.3. The van der Waals surface area contributed by atoms with Crippen LogP contribution >= 0.6 is 22.9 Å². The molecule has 1 aromatic carbocycles. The predicted molar refractivity (Wildman–Crippen MR) is 91.0 cm³/mol. The van der Waals surface area contributed by atoms with Gasteiger partial charge in [0.25, 0.3) is 10.0 Å². The molecule has 0 spiro atoms. The summed E-state index contributed by atoms with van der Waals surface area (Å²) < 4.78 is 31.7. The van der Waals surface area contributed by atoms with Gasteiger partial charge in [-0.2, -0.15) is 0 Å². The monoisotopic (exact) mass is 390 g/mol. The van der Waals surface area contributed by atoms with Crippen LogP contribution in [0.4, 0.5) is 5.13 Å². The quantitative estimate of drug-likeness (QED) is 0.526. The van der Waals surface area contributed by atoms with Gasteiger partial charge in [-0.05, 0) is 12.1 Å². The number of nitrogens with zero attached hydrogens (tertiary/aromatic N) is 2. The van der Waals surface area contributed by atoms with Crippen molar-refractivity contribution in [1.29, 1.82) is 0 Å². The molecule has 0 atom stereocenters. The van der Waals surface area contributed by atoms with Crippen molar-refractivity contribution in [2.75, 3.05) is 18.5 Å². The molecule has 0 aliphatic carbocycles. The van der Waals surface area contributed by atoms with Gasteiger partial charge in [-0.25, -0.2) is 13.1 Å². The number of sulfonamides is 1. The molecule has 1 aromatic heterocycles. The van der Waals surface area contributed by atoms with Crippen molar-refractivity contribution in [1.82, 2.24) is 14.9 Å². The van der Waals surface area contributed by atoms with Crippen molar-refractivity contribution in [3.05, 3.63) is 29.3 Å². The lowest BCUT2D eigenvalue weighted by molar-refractivity contribution is -0.115. The molecular weight excluding hydrogens is 376 g/mol. The molecule has 8 nitrogen and oxygen atoms in total. The summed E-state index contributed by atoms with van der Waals surface area (Å²) in [5.74, 6) is 0.204. The fourth-order valence-electron chi connectivity index (χ4n) is 1.54. The largest absolute Gasteiger partial charge is 0.491 e. The first-order chi connectivity index (χ1) is 11.4. The van der Waals surface area contributed by atoms with Crippen LogP contribution in [0.5, 0.6) is 5.75 Å². The maximum atomic E-state index is 12.1. The molecule has 0 aliphatic heterocycles. The molecule has 1 amide bonds. The summed E-state index contributed by atoms with van der Waals surface area (Å²) in [5.41, 5.74) is 0. The van der Waals surface area contributed by atoms with Gasteiger partial charge < -0.3 is 10.1 Å². The Bertz CT molecular complexity index is 810. The molecule has 0 bridgehead atoms. The first kappa shape index (κ1) is 18.6. The number of halogens is 1. The highest BCUT2D eigenvalue weighted by atomic mass is 35.5. The van der Waals surface area contributed by atoms with E-state index in [1.807, 2.05) is 0 Å². The Hall–Kier alpha value is -1.75. The van der Waals surface area contributed by atoms with Crippen molar-refractivity contribution >= 4 is 44.0 Å². The highest BCUT2D eigenvalue weighted by Gasteiger charge is 2.20. The number of nitrogens with one attached hydrogen (secondary N) is 2. The van der Waals surface area contributed by atoms with E-state index in [0.29, 0.717) is 10.8 Å². The van der Waals surface area contributed by atoms with Crippen LogP contribution in [0.15, 0.2) is 28.6 Å². The number of aromatic nitrogens is 2. The first-order valence-corrected chi connectivity index (χ1v) is 9.60. The zero-order valence-electron chi connectivity index (χ0n) is 12.7. The van der Waals surface area contributed by atoms with E-state index in [-0.39, 0.29) is 35.0 Å². The van der Waals surface area contributed by atoms with Crippen molar-refractivity contribution in [3.8, 4) is 5.75 Å². The van der Waals surface area contributed by atoms with Crippen LogP contribution in [-0.4, -0.2) is 37.7 Å². The maximum absolute atomic E-state index is 12.1. The summed E-state index contributed by atoms with van der Waals surface area (Å²) in [6.07, 6.45) is 0.263. The second kappa shape index (κ2) is 8.38. The van der Waals surface area contributed by atoms with Crippen LogP contribution in [0, 0.1) is 0 Å². The van der Waals surface area contributed by atoms with E-state index < -0.39 is 10.0 Å². The van der Waals surface area contributed by atoms with E-state index in [1.54, 1.807) is 31.2 Å². The average molecular weight is 391 g/mol. The number of carbonyl (C=O) groups is 1. The van der Waals surface area contributed by atoms with Crippen LogP contribution in [0.1, 0.15) is 13.3 Å². The maximum Gasteiger partial charge on any atom is 0.269 e. The number of anilines is 1. The topological polar surface area (TPSA) is 110 Å². The highest BCUT2D eigenvalue weighted by molar-refractivity contribution is 7.91. The lowest BCUT2D eigenvalue weighted by Crippen LogP contribution is -2.28. The van der Waals surface area contributed by atoms with Gasteiger partial charge >= 0.3 is 0 Å². The third-order valence-corrected chi connectivity index (χ3v) is 5.67. The van der Waals surface area contributed by atoms with E-state index in [1.165, 1.54) is 0 Å². The number of amides is 1. The second-order valence-electron chi connectivity index (χ2n) is 4.45. The molecule has 2 rings (SSSR count). The minimum atomic E-state index is -3.82. The molecule has 0 radical (unpaired) electrons. The van der Waals surface area contributed by atoms with E-state index in [2.05, 4.69) is 20.2 Å². The lowest BCUT2D eigenvalue weighted by Gasteiger charge is -2.08. The zero-order valence-corrected chi connectivity index (χ0v) is 15.0. The number of rotatable bonds is 8. The molecule has 0 fully saturated rings. The van der Waals surface area contributed by atoms with E-state index >= 15 is 0 Å². The summed E-state index contributed by atoms with van der Waals surface area (Å²) in [6.45, 7) is 1.81. The number of ether oxygens (including phenoxy) is 1. The van der Waals surface area contributed by atoms with Crippen LogP contribution in [0.2, 0.25) is 5.02 Å². The van der Waals surface area contributed by atoms with Gasteiger partial charge in [-0.1, -0.05) is 42.0 Å². The Morgan fingerprint density at radius 3 is 2.79 bits per heavy atom. The Balaban J connectivity index is 1.87. The predicted octanol–water partition coefficient (Wildman–Crippen LogP) is 1.90. The second-order valence-corrected chi connectivity index (χ2v) is 7.78.